The fourth-order valence-electron chi connectivity index (χ4n) is 2.27. The van der Waals surface area contributed by atoms with Gasteiger partial charge in [-0.3, -0.25) is 4.79 Å². The third-order valence-electron chi connectivity index (χ3n) is 3.64. The maximum atomic E-state index is 14.5. The standard InChI is InChI=1S/C13H12ClF4N5O6S2/c1-19-30(26,27)23(31(28,29)20-2)8-4-9(7(15)3-6(8)14)22-11(24)5-10(13(16,17)18)21-12(22)25/h3-5,19-20H,1-2H3,(H,21,25). The van der Waals surface area contributed by atoms with Gasteiger partial charge in [0.2, 0.25) is 0 Å². The van der Waals surface area contributed by atoms with E-state index in [9.17, 15) is 44.0 Å². The van der Waals surface area contributed by atoms with Gasteiger partial charge >= 0.3 is 32.3 Å². The average molecular weight is 510 g/mol. The summed E-state index contributed by atoms with van der Waals surface area (Å²) in [7, 11) is -8.03. The molecule has 0 fully saturated rings. The van der Waals surface area contributed by atoms with E-state index in [-0.39, 0.29) is 14.3 Å². The van der Waals surface area contributed by atoms with E-state index in [0.29, 0.717) is 12.1 Å². The molecule has 0 amide bonds. The van der Waals surface area contributed by atoms with Crippen LogP contribution in [-0.2, 0) is 26.6 Å². The summed E-state index contributed by atoms with van der Waals surface area (Å²) in [5.41, 5.74) is -7.09. The molecule has 0 atom stereocenters. The molecule has 172 valence electrons. The zero-order chi connectivity index (χ0) is 23.9. The van der Waals surface area contributed by atoms with Gasteiger partial charge in [0.15, 0.2) is 0 Å². The monoisotopic (exact) mass is 509 g/mol. The Morgan fingerprint density at radius 1 is 1.03 bits per heavy atom. The summed E-state index contributed by atoms with van der Waals surface area (Å²) >= 11 is 5.79. The summed E-state index contributed by atoms with van der Waals surface area (Å²) in [6, 6.07) is 0.728. The Kier molecular flexibility index (Phi) is 6.58. The molecule has 0 bridgehead atoms. The quantitative estimate of drug-likeness (QED) is 0.469. The minimum Gasteiger partial charge on any atom is -0.303 e. The van der Waals surface area contributed by atoms with E-state index in [2.05, 4.69) is 0 Å². The number of anilines is 1. The van der Waals surface area contributed by atoms with Crippen LogP contribution in [0.1, 0.15) is 5.69 Å². The van der Waals surface area contributed by atoms with Crippen molar-refractivity contribution in [2.24, 2.45) is 0 Å². The van der Waals surface area contributed by atoms with Crippen molar-refractivity contribution in [2.45, 2.75) is 6.18 Å². The lowest BCUT2D eigenvalue weighted by Crippen LogP contribution is -2.48. The number of benzene rings is 1. The van der Waals surface area contributed by atoms with Gasteiger partial charge in [0.25, 0.3) is 5.56 Å². The van der Waals surface area contributed by atoms with E-state index >= 15 is 0 Å². The number of halogens is 5. The van der Waals surface area contributed by atoms with Crippen LogP contribution >= 0.6 is 11.6 Å². The van der Waals surface area contributed by atoms with E-state index in [0.717, 1.165) is 14.1 Å². The van der Waals surface area contributed by atoms with Crippen LogP contribution in [0.3, 0.4) is 0 Å². The van der Waals surface area contributed by atoms with Crippen molar-refractivity contribution in [1.29, 1.82) is 0 Å². The fraction of sp³-hybridized carbons (Fsp3) is 0.231. The Hall–Kier alpha value is -2.47. The Morgan fingerprint density at radius 2 is 1.55 bits per heavy atom. The Morgan fingerprint density at radius 3 is 1.97 bits per heavy atom. The maximum absolute atomic E-state index is 14.5. The van der Waals surface area contributed by atoms with Crippen molar-refractivity contribution in [2.75, 3.05) is 17.8 Å². The maximum Gasteiger partial charge on any atom is 0.431 e. The molecule has 3 N–H and O–H groups in total. The Bertz CT molecular complexity index is 1290. The summed E-state index contributed by atoms with van der Waals surface area (Å²) in [6.07, 6.45) is -5.10. The highest BCUT2D eigenvalue weighted by Crippen LogP contribution is 2.33. The lowest BCUT2D eigenvalue weighted by molar-refractivity contribution is -0.141. The lowest BCUT2D eigenvalue weighted by atomic mass is 10.2. The van der Waals surface area contributed by atoms with Gasteiger partial charge in [-0.15, -0.1) is 3.71 Å². The SMILES string of the molecule is CNS(=O)(=O)N(c1cc(-n2c(=O)cc(C(F)(F)F)[nH]c2=O)c(F)cc1Cl)S(=O)(=O)NC. The van der Waals surface area contributed by atoms with Crippen LogP contribution in [0.4, 0.5) is 23.2 Å². The molecule has 11 nitrogen and oxygen atoms in total. The molecule has 31 heavy (non-hydrogen) atoms. The predicted octanol–water partition coefficient (Wildman–Crippen LogP) is 0.0719. The molecule has 0 aliphatic carbocycles. The normalized spacial score (nSPS) is 12.7. The summed E-state index contributed by atoms with van der Waals surface area (Å²) < 4.78 is 105. The molecule has 0 aliphatic rings. The van der Waals surface area contributed by atoms with Crippen molar-refractivity contribution < 1.29 is 34.4 Å². The van der Waals surface area contributed by atoms with Crippen molar-refractivity contribution in [1.82, 2.24) is 19.0 Å². The van der Waals surface area contributed by atoms with Gasteiger partial charge in [-0.05, 0) is 12.1 Å². The first-order valence-electron chi connectivity index (χ1n) is 7.67. The second-order valence-electron chi connectivity index (χ2n) is 5.53. The van der Waals surface area contributed by atoms with Crippen LogP contribution in [0.15, 0.2) is 27.8 Å². The molecule has 2 rings (SSSR count). The first-order chi connectivity index (χ1) is 14.1. The zero-order valence-corrected chi connectivity index (χ0v) is 17.7. The molecule has 0 saturated carbocycles. The third-order valence-corrected chi connectivity index (χ3v) is 7.42. The molecule has 0 saturated heterocycles. The molecule has 0 aliphatic heterocycles. The topological polar surface area (TPSA) is 150 Å². The number of aromatic nitrogens is 2. The van der Waals surface area contributed by atoms with Crippen molar-refractivity contribution in [3.05, 3.63) is 55.6 Å². The minimum atomic E-state index is -5.10. The predicted molar refractivity (Wildman–Crippen MR) is 101 cm³/mol. The summed E-state index contributed by atoms with van der Waals surface area (Å²) in [4.78, 5) is 25.5. The molecular weight excluding hydrogens is 498 g/mol. The van der Waals surface area contributed by atoms with Gasteiger partial charge in [0, 0.05) is 20.2 Å². The molecule has 1 aromatic carbocycles. The summed E-state index contributed by atoms with van der Waals surface area (Å²) in [5, 5.41) is -0.782. The van der Waals surface area contributed by atoms with Gasteiger partial charge in [0.1, 0.15) is 11.5 Å². The van der Waals surface area contributed by atoms with Crippen molar-refractivity contribution >= 4 is 37.7 Å². The van der Waals surface area contributed by atoms with E-state index in [1.165, 1.54) is 4.98 Å². The van der Waals surface area contributed by atoms with Crippen LogP contribution in [0, 0.1) is 5.82 Å². The molecule has 0 radical (unpaired) electrons. The second kappa shape index (κ2) is 8.23. The number of rotatable bonds is 6. The second-order valence-corrected chi connectivity index (χ2v) is 9.62. The number of nitrogens with zero attached hydrogens (tertiary/aromatic N) is 2. The highest BCUT2D eigenvalue weighted by atomic mass is 35.5. The molecule has 1 heterocycles. The number of H-pyrrole nitrogens is 1. The Balaban J connectivity index is 2.92. The van der Waals surface area contributed by atoms with E-state index in [1.807, 2.05) is 0 Å². The van der Waals surface area contributed by atoms with Crippen LogP contribution in [0.25, 0.3) is 5.69 Å². The summed E-state index contributed by atoms with van der Waals surface area (Å²) in [6.45, 7) is 0. The average Bonchev–Trinajstić information content (AvgIpc) is 2.63. The van der Waals surface area contributed by atoms with Gasteiger partial charge < -0.3 is 4.98 Å². The van der Waals surface area contributed by atoms with Gasteiger partial charge in [-0.1, -0.05) is 11.6 Å². The third kappa shape index (κ3) is 4.74. The minimum absolute atomic E-state index is 0.0401. The van der Waals surface area contributed by atoms with Crippen molar-refractivity contribution in [3.63, 3.8) is 0 Å². The first-order valence-corrected chi connectivity index (χ1v) is 10.9. The van der Waals surface area contributed by atoms with Crippen LogP contribution in [0.2, 0.25) is 5.02 Å². The zero-order valence-electron chi connectivity index (χ0n) is 15.3. The molecule has 0 unspecified atom stereocenters. The van der Waals surface area contributed by atoms with Gasteiger partial charge in [-0.25, -0.2) is 13.8 Å². The van der Waals surface area contributed by atoms with E-state index < -0.39 is 65.8 Å². The van der Waals surface area contributed by atoms with Crippen LogP contribution in [0.5, 0.6) is 0 Å². The first kappa shape index (κ1) is 24.8. The van der Waals surface area contributed by atoms with E-state index in [4.69, 9.17) is 11.6 Å². The highest BCUT2D eigenvalue weighted by molar-refractivity contribution is 8.08. The number of aromatic amines is 1. The van der Waals surface area contributed by atoms with Crippen LogP contribution < -0.4 is 24.4 Å². The van der Waals surface area contributed by atoms with Crippen LogP contribution in [-0.4, -0.2) is 40.5 Å². The molecule has 2 aromatic rings. The number of nitrogens with one attached hydrogen (secondary N) is 3. The molecule has 1 aromatic heterocycles. The van der Waals surface area contributed by atoms with Gasteiger partial charge in [0.05, 0.1) is 16.4 Å². The summed E-state index contributed by atoms with van der Waals surface area (Å²) in [5.74, 6) is -1.44. The number of hydrogen-bond donors (Lipinski definition) is 3. The molecule has 18 heteroatoms. The molecular formula is C13H12ClF4N5O6S2. The fourth-order valence-corrected chi connectivity index (χ4v) is 5.24. The largest absolute Gasteiger partial charge is 0.431 e. The van der Waals surface area contributed by atoms with E-state index in [1.54, 1.807) is 9.44 Å². The number of alkyl halides is 3. The smallest absolute Gasteiger partial charge is 0.303 e. The lowest BCUT2D eigenvalue weighted by Gasteiger charge is -2.24. The Labute approximate surface area is 176 Å². The number of hydrogen-bond acceptors (Lipinski definition) is 6. The highest BCUT2D eigenvalue weighted by Gasteiger charge is 2.36. The van der Waals surface area contributed by atoms with Gasteiger partial charge in [-0.2, -0.15) is 39.5 Å². The molecule has 0 spiro atoms. The van der Waals surface area contributed by atoms with Crippen molar-refractivity contribution in [3.8, 4) is 5.69 Å².